The first-order valence-corrected chi connectivity index (χ1v) is 13.8. The van der Waals surface area contributed by atoms with Gasteiger partial charge in [0.25, 0.3) is 0 Å². The fourth-order valence-corrected chi connectivity index (χ4v) is 5.09. The molecule has 1 aromatic carbocycles. The number of phenolic OH excluding ortho intramolecular Hbond substituents is 1. The third kappa shape index (κ3) is 10.9. The Hall–Kier alpha value is -1.41. The summed E-state index contributed by atoms with van der Waals surface area (Å²) in [6.45, 7) is 26.6. The van der Waals surface area contributed by atoms with Crippen molar-refractivity contribution in [3.05, 3.63) is 58.2 Å². The van der Waals surface area contributed by atoms with Crippen LogP contribution in [0.4, 0.5) is 0 Å². The molecule has 0 aliphatic rings. The normalized spacial score (nSPS) is 13.9. The van der Waals surface area contributed by atoms with Gasteiger partial charge >= 0.3 is 0 Å². The van der Waals surface area contributed by atoms with Gasteiger partial charge in [-0.05, 0) is 82.8 Å². The van der Waals surface area contributed by atoms with E-state index >= 15 is 0 Å². The van der Waals surface area contributed by atoms with Gasteiger partial charge in [0.1, 0.15) is 5.75 Å². The molecule has 0 radical (unpaired) electrons. The summed E-state index contributed by atoms with van der Waals surface area (Å²) in [5.74, 6) is 0.460. The molecule has 1 nitrogen and oxygen atoms in total. The highest BCUT2D eigenvalue weighted by atomic mass is 32.2. The van der Waals surface area contributed by atoms with Crippen molar-refractivity contribution >= 4 is 11.8 Å². The predicted octanol–water partition coefficient (Wildman–Crippen LogP) is 10.7. The van der Waals surface area contributed by atoms with E-state index in [1.165, 1.54) is 21.6 Å². The lowest BCUT2D eigenvalue weighted by molar-refractivity contribution is 0.422. The molecular weight excluding hydrogens is 432 g/mol. The molecule has 0 bridgehead atoms. The van der Waals surface area contributed by atoms with Crippen molar-refractivity contribution in [2.24, 2.45) is 0 Å². The van der Waals surface area contributed by atoms with Gasteiger partial charge in [-0.1, -0.05) is 90.3 Å². The molecule has 2 heteroatoms. The third-order valence-electron chi connectivity index (χ3n) is 6.16. The molecular formula is C32H52OS. The van der Waals surface area contributed by atoms with E-state index in [1.807, 2.05) is 11.8 Å². The molecule has 192 valence electrons. The molecule has 0 amide bonds. The number of phenols is 1. The first-order valence-electron chi connectivity index (χ1n) is 12.9. The fraction of sp³-hybridized carbons (Fsp3) is 0.625. The lowest BCUT2D eigenvalue weighted by Gasteiger charge is -2.30. The lowest BCUT2D eigenvalue weighted by atomic mass is 9.79. The number of allylic oxidation sites excluding steroid dienone is 6. The van der Waals surface area contributed by atoms with Gasteiger partial charge in [0, 0.05) is 20.8 Å². The van der Waals surface area contributed by atoms with Gasteiger partial charge in [-0.25, -0.2) is 0 Å². The molecule has 0 atom stereocenters. The largest absolute Gasteiger partial charge is 0.507 e. The molecule has 0 spiro atoms. The van der Waals surface area contributed by atoms with E-state index in [9.17, 15) is 5.11 Å². The zero-order valence-electron chi connectivity index (χ0n) is 24.3. The van der Waals surface area contributed by atoms with E-state index < -0.39 is 0 Å². The number of benzene rings is 1. The van der Waals surface area contributed by atoms with Crippen LogP contribution >= 0.6 is 11.8 Å². The monoisotopic (exact) mass is 484 g/mol. The Kier molecular flexibility index (Phi) is 11.3. The van der Waals surface area contributed by atoms with E-state index in [2.05, 4.69) is 113 Å². The Morgan fingerprint density at radius 3 is 1.62 bits per heavy atom. The molecule has 1 rings (SSSR count). The summed E-state index contributed by atoms with van der Waals surface area (Å²) in [5, 5.41) is 11.0. The summed E-state index contributed by atoms with van der Waals surface area (Å²) < 4.78 is 0.0820. The van der Waals surface area contributed by atoms with E-state index in [-0.39, 0.29) is 15.6 Å². The van der Waals surface area contributed by atoms with Gasteiger partial charge in [-0.2, -0.15) is 0 Å². The minimum atomic E-state index is -0.0986. The molecule has 34 heavy (non-hydrogen) atoms. The molecule has 0 fully saturated rings. The van der Waals surface area contributed by atoms with Gasteiger partial charge in [0.15, 0.2) is 0 Å². The molecule has 0 aromatic heterocycles. The summed E-state index contributed by atoms with van der Waals surface area (Å²) in [4.78, 5) is 1.25. The number of hydrogen-bond acceptors (Lipinski definition) is 2. The molecule has 0 unspecified atom stereocenters. The highest BCUT2D eigenvalue weighted by Crippen LogP contribution is 2.44. The molecule has 1 aromatic rings. The van der Waals surface area contributed by atoms with Crippen LogP contribution in [0, 0.1) is 0 Å². The van der Waals surface area contributed by atoms with Crippen molar-refractivity contribution in [2.45, 2.75) is 136 Å². The van der Waals surface area contributed by atoms with Crippen LogP contribution in [0.2, 0.25) is 0 Å². The molecule has 0 heterocycles. The number of thioether (sulfide) groups is 1. The zero-order valence-corrected chi connectivity index (χ0v) is 25.1. The molecule has 0 aliphatic carbocycles. The molecule has 0 aliphatic heterocycles. The van der Waals surface area contributed by atoms with Gasteiger partial charge < -0.3 is 5.11 Å². The first kappa shape index (κ1) is 30.6. The highest BCUT2D eigenvalue weighted by molar-refractivity contribution is 8.00. The van der Waals surface area contributed by atoms with Crippen LogP contribution in [0.1, 0.15) is 126 Å². The average molecular weight is 485 g/mol. The zero-order chi connectivity index (χ0) is 26.3. The first-order chi connectivity index (χ1) is 15.4. The van der Waals surface area contributed by atoms with Crippen molar-refractivity contribution in [3.8, 4) is 5.75 Å². The average Bonchev–Trinajstić information content (AvgIpc) is 2.65. The standard InChI is InChI=1S/C32H52OS/c1-23(2)15-13-16-24(3)17-14-18-25(4)19-20-32(11,12)34-26-21-27(30(5,6)7)29(33)28(22-26)31(8,9)10/h15,17,19,21-22,33H,13-14,16,18,20H2,1-12H3/b24-17+,25-19+. The second kappa shape index (κ2) is 12.5. The third-order valence-corrected chi connectivity index (χ3v) is 7.35. The summed E-state index contributed by atoms with van der Waals surface area (Å²) in [6.07, 6.45) is 12.8. The number of aromatic hydroxyl groups is 1. The van der Waals surface area contributed by atoms with Crippen LogP contribution in [-0.4, -0.2) is 9.85 Å². The maximum Gasteiger partial charge on any atom is 0.123 e. The Morgan fingerprint density at radius 1 is 0.735 bits per heavy atom. The van der Waals surface area contributed by atoms with E-state index in [1.54, 1.807) is 0 Å². The van der Waals surface area contributed by atoms with Crippen LogP contribution in [0.25, 0.3) is 0 Å². The van der Waals surface area contributed by atoms with Crippen LogP contribution < -0.4 is 0 Å². The van der Waals surface area contributed by atoms with Crippen LogP contribution in [0.5, 0.6) is 5.75 Å². The van der Waals surface area contributed by atoms with Crippen molar-refractivity contribution in [1.29, 1.82) is 0 Å². The predicted molar refractivity (Wildman–Crippen MR) is 155 cm³/mol. The van der Waals surface area contributed by atoms with Gasteiger partial charge in [-0.15, -0.1) is 11.8 Å². The summed E-state index contributed by atoms with van der Waals surface area (Å²) in [6, 6.07) is 4.41. The Balaban J connectivity index is 2.88. The highest BCUT2D eigenvalue weighted by Gasteiger charge is 2.28. The summed E-state index contributed by atoms with van der Waals surface area (Å²) >= 11 is 1.92. The van der Waals surface area contributed by atoms with Crippen LogP contribution in [0.15, 0.2) is 52.0 Å². The van der Waals surface area contributed by atoms with Crippen molar-refractivity contribution in [3.63, 3.8) is 0 Å². The minimum Gasteiger partial charge on any atom is -0.507 e. The Labute approximate surface area is 216 Å². The van der Waals surface area contributed by atoms with Crippen LogP contribution in [-0.2, 0) is 10.8 Å². The number of hydrogen-bond donors (Lipinski definition) is 1. The van der Waals surface area contributed by atoms with Crippen molar-refractivity contribution in [2.75, 3.05) is 0 Å². The van der Waals surface area contributed by atoms with E-state index in [0.29, 0.717) is 5.75 Å². The minimum absolute atomic E-state index is 0.0820. The lowest BCUT2D eigenvalue weighted by Crippen LogP contribution is -2.18. The summed E-state index contributed by atoms with van der Waals surface area (Å²) in [5.41, 5.74) is 6.25. The maximum atomic E-state index is 11.0. The smallest absolute Gasteiger partial charge is 0.123 e. The second-order valence-corrected chi connectivity index (χ2v) is 14.7. The molecule has 0 saturated heterocycles. The summed E-state index contributed by atoms with van der Waals surface area (Å²) in [7, 11) is 0. The van der Waals surface area contributed by atoms with Crippen molar-refractivity contribution in [1.82, 2.24) is 0 Å². The second-order valence-electron chi connectivity index (χ2n) is 12.9. The van der Waals surface area contributed by atoms with Crippen LogP contribution in [0.3, 0.4) is 0 Å². The Morgan fingerprint density at radius 2 is 1.18 bits per heavy atom. The molecule has 0 saturated carbocycles. The van der Waals surface area contributed by atoms with Gasteiger partial charge in [-0.3, -0.25) is 0 Å². The van der Waals surface area contributed by atoms with E-state index in [4.69, 9.17) is 0 Å². The number of rotatable bonds is 10. The maximum absolute atomic E-state index is 11.0. The quantitative estimate of drug-likeness (QED) is 0.263. The fourth-order valence-electron chi connectivity index (χ4n) is 3.93. The van der Waals surface area contributed by atoms with Gasteiger partial charge in [0.05, 0.1) is 0 Å². The molecule has 1 N–H and O–H groups in total. The van der Waals surface area contributed by atoms with E-state index in [0.717, 1.165) is 43.2 Å². The van der Waals surface area contributed by atoms with Crippen molar-refractivity contribution < 1.29 is 5.11 Å². The van der Waals surface area contributed by atoms with Gasteiger partial charge in [0.2, 0.25) is 0 Å². The SMILES string of the molecule is CC(C)=CCC/C(C)=C/CC/C(C)=C/CC(C)(C)Sc1cc(C(C)(C)C)c(O)c(C(C)(C)C)c1. The topological polar surface area (TPSA) is 20.2 Å². The Bertz CT molecular complexity index is 859.